The standard InChI is InChI=1S/C26H44O8S.C26H44O7S.C23H36O5.C14H20O2.C7H10O3/c1-5-26(4,24(31)34-22-10-16-9-21(22)20-8-6-7-19(16)20)15-25(2,3)23(30)33-12-18(29)14-35(32)13-17(28)11-27;1-5-26(4,24(31)33-22-10-16-9-21(22)20-8-6-7-19(16)20)15-25(2,3)23(30)32-12-18(29)14-34-13-17(28)11-27;1-5-23(4,13-22(2,3)20(24)27-12-15-11-26-15)21(25)28-19-10-14-9-18(19)17-8-6-7-16(14)17;1-8(2)14(15)16-13-7-9-6-12(13)11-5-3-4-10(9)11;1-5(2)7(8)10-4-6-3-9-6/h16-22,27-29H,5-15H2,1-4H3;16-22,27-29H,5-15H2,1-4H3;14-19H,5-13H2,1-4H3;9-13H,1,3-7H2,2H3;6H,1,3-4H2,2H3. The van der Waals surface area contributed by atoms with Gasteiger partial charge in [-0.1, -0.05) is 59.6 Å². The topological polar surface area (TPSA) is 374 Å². The van der Waals surface area contributed by atoms with E-state index in [1.165, 1.54) is 114 Å². The zero-order valence-corrected chi connectivity index (χ0v) is 78.2. The molecule has 12 saturated carbocycles. The maximum atomic E-state index is 13.3. The molecule has 30 atom stereocenters. The van der Waals surface area contributed by atoms with E-state index in [9.17, 15) is 63.0 Å². The predicted molar refractivity (Wildman–Crippen MR) is 464 cm³/mol. The first-order chi connectivity index (χ1) is 58.0. The van der Waals surface area contributed by atoms with Gasteiger partial charge in [0.25, 0.3) is 0 Å². The monoisotopic (exact) mass is 1770 g/mol. The quantitative estimate of drug-likeness (QED) is 0.0144. The Hall–Kier alpha value is -4.58. The highest BCUT2D eigenvalue weighted by molar-refractivity contribution is 7.99. The Morgan fingerprint density at radius 3 is 1.00 bits per heavy atom. The highest BCUT2D eigenvalue weighted by Gasteiger charge is 2.61. The zero-order valence-electron chi connectivity index (χ0n) is 76.6. The third-order valence-electron chi connectivity index (χ3n) is 31.4. The van der Waals surface area contributed by atoms with Crippen LogP contribution in [0.4, 0.5) is 0 Å². The summed E-state index contributed by atoms with van der Waals surface area (Å²) in [5, 5.41) is 56.5. The molecule has 2 heterocycles. The minimum absolute atomic E-state index is 0.00634. The van der Waals surface area contributed by atoms with E-state index in [1.807, 2.05) is 55.4 Å². The van der Waals surface area contributed by atoms with Gasteiger partial charge in [-0.05, 0) is 312 Å². The van der Waals surface area contributed by atoms with Crippen LogP contribution in [0.3, 0.4) is 0 Å². The van der Waals surface area contributed by atoms with E-state index in [0.29, 0.717) is 117 Å². The molecule has 12 aliphatic carbocycles. The van der Waals surface area contributed by atoms with Crippen molar-refractivity contribution in [3.63, 3.8) is 0 Å². The number of aliphatic hydroxyl groups is 6. The van der Waals surface area contributed by atoms with Crippen molar-refractivity contribution in [3.8, 4) is 0 Å². The van der Waals surface area contributed by atoms with Gasteiger partial charge in [0.05, 0.1) is 94.8 Å². The van der Waals surface area contributed by atoms with Crippen molar-refractivity contribution in [3.05, 3.63) is 24.3 Å². The number of esters is 8. The normalized spacial score (nSPS) is 34.0. The summed E-state index contributed by atoms with van der Waals surface area (Å²) >= 11 is 1.28. The van der Waals surface area contributed by atoms with E-state index in [2.05, 4.69) is 13.2 Å². The minimum Gasteiger partial charge on any atom is -0.462 e. The molecule has 0 aromatic heterocycles. The number of epoxide rings is 2. The van der Waals surface area contributed by atoms with E-state index < -0.39 is 86.3 Å². The van der Waals surface area contributed by atoms with Gasteiger partial charge in [-0.2, -0.15) is 11.8 Å². The predicted octanol–water partition coefficient (Wildman–Crippen LogP) is 12.9. The first kappa shape index (κ1) is 101. The molecule has 700 valence electrons. The maximum Gasteiger partial charge on any atom is 0.333 e. The number of rotatable bonds is 39. The Morgan fingerprint density at radius 2 is 0.683 bits per heavy atom. The summed E-state index contributed by atoms with van der Waals surface area (Å²) in [6, 6.07) is 0. The van der Waals surface area contributed by atoms with Gasteiger partial charge in [-0.25, -0.2) is 9.59 Å². The van der Waals surface area contributed by atoms with E-state index >= 15 is 0 Å². The fraction of sp³-hybridized carbons (Fsp3) is 0.875. The van der Waals surface area contributed by atoms with E-state index in [0.717, 1.165) is 78.9 Å². The highest BCUT2D eigenvalue weighted by atomic mass is 32.2. The third kappa shape index (κ3) is 25.8. The molecular weight excluding hydrogens is 1620 g/mol. The molecule has 27 heteroatoms. The molecule has 25 nitrogen and oxygen atoms in total. The van der Waals surface area contributed by atoms with Gasteiger partial charge in [-0.3, -0.25) is 33.0 Å². The van der Waals surface area contributed by atoms with E-state index in [4.69, 9.17) is 57.6 Å². The second kappa shape index (κ2) is 43.4. The maximum absolute atomic E-state index is 13.3. The number of carbonyl (C=O) groups excluding carboxylic acids is 8. The zero-order chi connectivity index (χ0) is 90.0. The third-order valence-corrected chi connectivity index (χ3v) is 34.1. The molecule has 2 aliphatic heterocycles. The van der Waals surface area contributed by atoms with Crippen LogP contribution in [0.1, 0.15) is 264 Å². The molecule has 2 saturated heterocycles. The summed E-state index contributed by atoms with van der Waals surface area (Å²) in [5.74, 6) is 9.75. The summed E-state index contributed by atoms with van der Waals surface area (Å²) in [6.07, 6.45) is 24.4. The molecule has 0 amide bonds. The van der Waals surface area contributed by atoms with Crippen LogP contribution in [0.25, 0.3) is 0 Å². The SMILES string of the molecule is C=C(C)C(=O)OC1CC2CC1C1CCCC21.C=C(C)C(=O)OCC1CO1.CCC(C)(CC(C)(C)C(=O)OCC(O)CS(=O)CC(O)CO)C(=O)OC1CC2CC1C1CCCC21.CCC(C)(CC(C)(C)C(=O)OCC(O)CSCC(O)CO)C(=O)OC1CC2CC1C1CCCC21.CCC(C)(CC(C)(C)C(=O)OCC1CO1)C(=O)OC1CC2CC1C1CCCC21. The Labute approximate surface area is 739 Å². The minimum atomic E-state index is -1.56. The molecule has 0 spiro atoms. The van der Waals surface area contributed by atoms with Crippen LogP contribution in [0, 0.1) is 127 Å². The average molecular weight is 1770 g/mol. The Bertz CT molecular complexity index is 3630. The Morgan fingerprint density at radius 1 is 0.390 bits per heavy atom. The fourth-order valence-electron chi connectivity index (χ4n) is 24.6. The van der Waals surface area contributed by atoms with Crippen LogP contribution in [0.15, 0.2) is 24.3 Å². The number of hydrogen-bond donors (Lipinski definition) is 6. The van der Waals surface area contributed by atoms with Gasteiger partial charge in [0, 0.05) is 33.5 Å². The van der Waals surface area contributed by atoms with Crippen molar-refractivity contribution >= 4 is 70.3 Å². The van der Waals surface area contributed by atoms with Crippen molar-refractivity contribution in [2.45, 2.75) is 325 Å². The van der Waals surface area contributed by atoms with Gasteiger partial charge in [0.1, 0.15) is 63.1 Å². The van der Waals surface area contributed by atoms with Crippen molar-refractivity contribution in [2.24, 2.45) is 127 Å². The number of hydrogen-bond acceptors (Lipinski definition) is 26. The first-order valence-corrected chi connectivity index (χ1v) is 49.6. The largest absolute Gasteiger partial charge is 0.462 e. The van der Waals surface area contributed by atoms with Gasteiger partial charge >= 0.3 is 47.8 Å². The lowest BCUT2D eigenvalue weighted by atomic mass is 9.72. The molecule has 0 aromatic carbocycles. The summed E-state index contributed by atoms with van der Waals surface area (Å²) in [7, 11) is -1.56. The van der Waals surface area contributed by atoms with Crippen molar-refractivity contribution in [2.75, 3.05) is 75.9 Å². The molecule has 8 bridgehead atoms. The lowest BCUT2D eigenvalue weighted by Gasteiger charge is -2.37. The van der Waals surface area contributed by atoms with Crippen LogP contribution < -0.4 is 0 Å². The van der Waals surface area contributed by atoms with Crippen LogP contribution >= 0.6 is 11.8 Å². The van der Waals surface area contributed by atoms with Gasteiger partial charge in [-0.15, -0.1) is 0 Å². The summed E-state index contributed by atoms with van der Waals surface area (Å²) < 4.78 is 66.7. The summed E-state index contributed by atoms with van der Waals surface area (Å²) in [4.78, 5) is 100. The van der Waals surface area contributed by atoms with Crippen molar-refractivity contribution in [1.29, 1.82) is 0 Å². The number of carbonyl (C=O) groups is 8. The van der Waals surface area contributed by atoms with Crippen molar-refractivity contribution in [1.82, 2.24) is 0 Å². The van der Waals surface area contributed by atoms with Crippen LogP contribution in [-0.2, 0) is 96.5 Å². The first-order valence-electron chi connectivity index (χ1n) is 46.9. The average Bonchev–Trinajstić information content (AvgIpc) is 1.61. The molecule has 123 heavy (non-hydrogen) atoms. The van der Waals surface area contributed by atoms with E-state index in [-0.39, 0.29) is 116 Å². The lowest BCUT2D eigenvalue weighted by molar-refractivity contribution is -0.172. The van der Waals surface area contributed by atoms with E-state index in [1.54, 1.807) is 41.5 Å². The molecular formula is C96H154O25S2. The van der Waals surface area contributed by atoms with Gasteiger partial charge in [0.2, 0.25) is 0 Å². The Kier molecular flexibility index (Phi) is 35.5. The molecule has 14 fully saturated rings. The number of ether oxygens (including phenoxy) is 10. The second-order valence-electron chi connectivity index (χ2n) is 42.5. The number of fused-ring (bicyclic) bond motifs is 20. The summed E-state index contributed by atoms with van der Waals surface area (Å²) in [6.45, 7) is 33.5. The smallest absolute Gasteiger partial charge is 0.333 e. The molecule has 0 aromatic rings. The summed E-state index contributed by atoms with van der Waals surface area (Å²) in [5.41, 5.74) is -3.95. The van der Waals surface area contributed by atoms with Gasteiger partial charge in [0.15, 0.2) is 0 Å². The molecule has 30 unspecified atom stereocenters. The van der Waals surface area contributed by atoms with Crippen LogP contribution in [0.5, 0.6) is 0 Å². The molecule has 0 radical (unpaired) electrons. The van der Waals surface area contributed by atoms with Gasteiger partial charge < -0.3 is 78.0 Å². The van der Waals surface area contributed by atoms with Crippen LogP contribution in [-0.4, -0.2) is 220 Å². The number of aliphatic hydroxyl groups excluding tert-OH is 6. The van der Waals surface area contributed by atoms with Crippen molar-refractivity contribution < 1.29 is 121 Å². The van der Waals surface area contributed by atoms with Crippen LogP contribution in [0.2, 0.25) is 0 Å². The molecule has 14 aliphatic rings. The lowest BCUT2D eigenvalue weighted by Crippen LogP contribution is -2.42. The number of thioether (sulfide) groups is 1. The fourth-order valence-corrected chi connectivity index (χ4v) is 26.6. The highest BCUT2D eigenvalue weighted by Crippen LogP contribution is 2.64. The molecule has 6 N–H and O–H groups in total. The second-order valence-corrected chi connectivity index (χ2v) is 45.1. The Balaban J connectivity index is 0.000000169. The molecule has 14 rings (SSSR count).